The lowest BCUT2D eigenvalue weighted by Gasteiger charge is -2.20. The van der Waals surface area contributed by atoms with Crippen LogP contribution in [-0.4, -0.2) is 7.05 Å². The molecule has 0 amide bonds. The number of hydrogen-bond donors (Lipinski definition) is 2. The van der Waals surface area contributed by atoms with Crippen LogP contribution in [0.15, 0.2) is 97.1 Å². The Kier molecular flexibility index (Phi) is 5.71. The summed E-state index contributed by atoms with van der Waals surface area (Å²) in [6.07, 6.45) is 1.81. The second-order valence-corrected chi connectivity index (χ2v) is 7.73. The van der Waals surface area contributed by atoms with Crippen LogP contribution in [0.5, 0.6) is 0 Å². The van der Waals surface area contributed by atoms with Gasteiger partial charge in [0, 0.05) is 29.8 Å². The summed E-state index contributed by atoms with van der Waals surface area (Å²) in [7, 11) is 2.10. The Hall–Kier alpha value is -3.72. The average Bonchev–Trinajstić information content (AvgIpc) is 2.77. The summed E-state index contributed by atoms with van der Waals surface area (Å²) in [6, 6.07) is 33.6. The minimum atomic E-state index is 0.801. The van der Waals surface area contributed by atoms with Gasteiger partial charge in [0.05, 0.1) is 0 Å². The fraction of sp³-hybridized carbons (Fsp3) is 0.111. The number of rotatable bonds is 6. The molecule has 4 N–H and O–H groups in total. The van der Waals surface area contributed by atoms with Gasteiger partial charge in [-0.1, -0.05) is 48.5 Å². The quantitative estimate of drug-likeness (QED) is 0.407. The number of hydrogen-bond acceptors (Lipinski definition) is 3. The molecule has 0 saturated carbocycles. The van der Waals surface area contributed by atoms with E-state index in [0.29, 0.717) is 0 Å². The van der Waals surface area contributed by atoms with Crippen molar-refractivity contribution < 1.29 is 0 Å². The SMILES string of the molecule is CN(c1ccc(Cc2ccc(N)cc2)cc1)c1ccc(Cc2ccc(N)cc2)cc1. The molecule has 0 spiro atoms. The van der Waals surface area contributed by atoms with Gasteiger partial charge >= 0.3 is 0 Å². The molecule has 150 valence electrons. The van der Waals surface area contributed by atoms with Crippen LogP contribution in [0.3, 0.4) is 0 Å². The Morgan fingerprint density at radius 2 is 0.733 bits per heavy atom. The minimum Gasteiger partial charge on any atom is -0.399 e. The molecule has 0 atom stereocenters. The van der Waals surface area contributed by atoms with Crippen molar-refractivity contribution in [1.82, 2.24) is 0 Å². The molecule has 4 aromatic carbocycles. The van der Waals surface area contributed by atoms with Gasteiger partial charge in [0.1, 0.15) is 0 Å². The van der Waals surface area contributed by atoms with Crippen molar-refractivity contribution in [1.29, 1.82) is 0 Å². The summed E-state index contributed by atoms with van der Waals surface area (Å²) < 4.78 is 0. The van der Waals surface area contributed by atoms with Crippen molar-refractivity contribution >= 4 is 22.7 Å². The van der Waals surface area contributed by atoms with Gasteiger partial charge in [-0.3, -0.25) is 0 Å². The molecular weight excluding hydrogens is 366 g/mol. The highest BCUT2D eigenvalue weighted by atomic mass is 15.1. The topological polar surface area (TPSA) is 55.3 Å². The summed E-state index contributed by atoms with van der Waals surface area (Å²) in [6.45, 7) is 0. The van der Waals surface area contributed by atoms with E-state index in [-0.39, 0.29) is 0 Å². The lowest BCUT2D eigenvalue weighted by Crippen LogP contribution is -2.09. The van der Waals surface area contributed by atoms with Crippen LogP contribution < -0.4 is 16.4 Å². The maximum atomic E-state index is 5.77. The predicted molar refractivity (Wildman–Crippen MR) is 128 cm³/mol. The molecule has 0 fully saturated rings. The van der Waals surface area contributed by atoms with E-state index in [1.807, 2.05) is 24.3 Å². The fourth-order valence-corrected chi connectivity index (χ4v) is 3.57. The molecule has 0 unspecified atom stereocenters. The van der Waals surface area contributed by atoms with E-state index in [4.69, 9.17) is 11.5 Å². The molecule has 0 heterocycles. The molecule has 3 nitrogen and oxygen atoms in total. The number of nitrogens with two attached hydrogens (primary N) is 2. The largest absolute Gasteiger partial charge is 0.399 e. The van der Waals surface area contributed by atoms with Crippen LogP contribution >= 0.6 is 0 Å². The van der Waals surface area contributed by atoms with Crippen molar-refractivity contribution in [3.8, 4) is 0 Å². The lowest BCUT2D eigenvalue weighted by atomic mass is 10.0. The number of nitrogen functional groups attached to an aromatic ring is 2. The van der Waals surface area contributed by atoms with E-state index in [1.165, 1.54) is 33.6 Å². The maximum absolute atomic E-state index is 5.77. The minimum absolute atomic E-state index is 0.801. The molecule has 0 saturated heterocycles. The molecule has 0 radical (unpaired) electrons. The van der Waals surface area contributed by atoms with Gasteiger partial charge in [-0.05, 0) is 83.6 Å². The smallest absolute Gasteiger partial charge is 0.0408 e. The molecule has 4 rings (SSSR count). The standard InChI is InChI=1S/C27H27N3/c1-30(26-14-6-22(7-15-26)18-20-2-10-24(28)11-3-20)27-16-8-23(9-17-27)19-21-4-12-25(29)13-5-21/h2-17H,18-19,28-29H2,1H3. The number of benzene rings is 4. The first kappa shape index (κ1) is 19.6. The van der Waals surface area contributed by atoms with E-state index in [2.05, 4.69) is 84.7 Å². The van der Waals surface area contributed by atoms with Gasteiger partial charge in [0.15, 0.2) is 0 Å². The molecular formula is C27H27N3. The van der Waals surface area contributed by atoms with Gasteiger partial charge in [-0.15, -0.1) is 0 Å². The third-order valence-electron chi connectivity index (χ3n) is 5.42. The first-order chi connectivity index (χ1) is 14.6. The van der Waals surface area contributed by atoms with E-state index in [1.54, 1.807) is 0 Å². The highest BCUT2D eigenvalue weighted by Crippen LogP contribution is 2.25. The van der Waals surface area contributed by atoms with Crippen molar-refractivity contribution in [3.05, 3.63) is 119 Å². The molecule has 0 aliphatic heterocycles. The Morgan fingerprint density at radius 1 is 0.467 bits per heavy atom. The molecule has 3 heteroatoms. The molecule has 4 aromatic rings. The number of nitrogens with zero attached hydrogens (tertiary/aromatic N) is 1. The summed E-state index contributed by atoms with van der Waals surface area (Å²) in [5.74, 6) is 0. The second kappa shape index (κ2) is 8.75. The third-order valence-corrected chi connectivity index (χ3v) is 5.42. The highest BCUT2D eigenvalue weighted by Gasteiger charge is 2.05. The highest BCUT2D eigenvalue weighted by molar-refractivity contribution is 5.63. The normalized spacial score (nSPS) is 10.7. The zero-order chi connectivity index (χ0) is 20.9. The summed E-state index contributed by atoms with van der Waals surface area (Å²) in [5.41, 5.74) is 20.6. The summed E-state index contributed by atoms with van der Waals surface area (Å²) in [5, 5.41) is 0. The van der Waals surface area contributed by atoms with Crippen molar-refractivity contribution in [3.63, 3.8) is 0 Å². The van der Waals surface area contributed by atoms with Gasteiger partial charge in [0.25, 0.3) is 0 Å². The van der Waals surface area contributed by atoms with Crippen LogP contribution in [0.1, 0.15) is 22.3 Å². The monoisotopic (exact) mass is 393 g/mol. The average molecular weight is 394 g/mol. The van der Waals surface area contributed by atoms with E-state index in [0.717, 1.165) is 24.2 Å². The maximum Gasteiger partial charge on any atom is 0.0408 e. The first-order valence-electron chi connectivity index (χ1n) is 10.2. The Balaban J connectivity index is 1.41. The van der Waals surface area contributed by atoms with E-state index < -0.39 is 0 Å². The molecule has 0 aliphatic carbocycles. The molecule has 30 heavy (non-hydrogen) atoms. The van der Waals surface area contributed by atoms with Crippen LogP contribution in [-0.2, 0) is 12.8 Å². The van der Waals surface area contributed by atoms with Crippen molar-refractivity contribution in [2.45, 2.75) is 12.8 Å². The van der Waals surface area contributed by atoms with E-state index in [9.17, 15) is 0 Å². The molecule has 0 bridgehead atoms. The van der Waals surface area contributed by atoms with Gasteiger partial charge in [-0.2, -0.15) is 0 Å². The summed E-state index contributed by atoms with van der Waals surface area (Å²) >= 11 is 0. The zero-order valence-electron chi connectivity index (χ0n) is 17.3. The van der Waals surface area contributed by atoms with Crippen LogP contribution in [0, 0.1) is 0 Å². The second-order valence-electron chi connectivity index (χ2n) is 7.73. The van der Waals surface area contributed by atoms with Gasteiger partial charge in [0.2, 0.25) is 0 Å². The third kappa shape index (κ3) is 4.81. The Bertz CT molecular complexity index is 990. The van der Waals surface area contributed by atoms with Gasteiger partial charge < -0.3 is 16.4 Å². The fourth-order valence-electron chi connectivity index (χ4n) is 3.57. The van der Waals surface area contributed by atoms with Crippen LogP contribution in [0.25, 0.3) is 0 Å². The first-order valence-corrected chi connectivity index (χ1v) is 10.2. The zero-order valence-corrected chi connectivity index (χ0v) is 17.3. The molecule has 0 aromatic heterocycles. The number of anilines is 4. The predicted octanol–water partition coefficient (Wildman–Crippen LogP) is 5.80. The van der Waals surface area contributed by atoms with Crippen molar-refractivity contribution in [2.24, 2.45) is 0 Å². The Labute approximate surface area is 178 Å². The van der Waals surface area contributed by atoms with E-state index >= 15 is 0 Å². The molecule has 0 aliphatic rings. The van der Waals surface area contributed by atoms with Crippen LogP contribution in [0.4, 0.5) is 22.7 Å². The summed E-state index contributed by atoms with van der Waals surface area (Å²) in [4.78, 5) is 2.21. The van der Waals surface area contributed by atoms with Gasteiger partial charge in [-0.25, -0.2) is 0 Å². The lowest BCUT2D eigenvalue weighted by molar-refractivity contribution is 1.16. The van der Waals surface area contributed by atoms with Crippen molar-refractivity contribution in [2.75, 3.05) is 23.4 Å². The van der Waals surface area contributed by atoms with Crippen LogP contribution in [0.2, 0.25) is 0 Å². The Morgan fingerprint density at radius 3 is 1.03 bits per heavy atom.